The highest BCUT2D eigenvalue weighted by Crippen LogP contribution is 2.45. The van der Waals surface area contributed by atoms with Crippen molar-refractivity contribution in [3.63, 3.8) is 0 Å². The molecule has 4 aromatic carbocycles. The van der Waals surface area contributed by atoms with E-state index in [9.17, 15) is 0 Å². The molecule has 2 aliphatic heterocycles. The number of hydrogen-bond donors (Lipinski definition) is 0. The zero-order chi connectivity index (χ0) is 22.9. The standard InChI is InChI=1S/C30H20BN3O/c1-2-11-23(12-3-1)34-26-19-22(25-14-6-10-21-9-4-5-13-24(21)25)20-27-30(26)31(32-17-7-15-28(32)34)33-18-8-16-29(33)35-27/h1-20H. The van der Waals surface area contributed by atoms with Gasteiger partial charge in [0.05, 0.1) is 5.69 Å². The maximum Gasteiger partial charge on any atom is 0.429 e. The van der Waals surface area contributed by atoms with Gasteiger partial charge in [-0.25, -0.2) is 0 Å². The molecule has 4 heterocycles. The van der Waals surface area contributed by atoms with E-state index in [-0.39, 0.29) is 6.98 Å². The first-order valence-corrected chi connectivity index (χ1v) is 11.9. The molecule has 0 unspecified atom stereocenters. The van der Waals surface area contributed by atoms with Crippen LogP contribution in [0.15, 0.2) is 122 Å². The van der Waals surface area contributed by atoms with Crippen LogP contribution in [0.4, 0.5) is 17.2 Å². The summed E-state index contributed by atoms with van der Waals surface area (Å²) in [4.78, 5) is 2.35. The van der Waals surface area contributed by atoms with Crippen molar-refractivity contribution in [2.24, 2.45) is 0 Å². The lowest BCUT2D eigenvalue weighted by molar-refractivity contribution is 0.454. The zero-order valence-electron chi connectivity index (χ0n) is 18.9. The quantitative estimate of drug-likeness (QED) is 0.271. The average Bonchev–Trinajstić information content (AvgIpc) is 3.58. The number of hydrogen-bond acceptors (Lipinski definition) is 2. The van der Waals surface area contributed by atoms with Gasteiger partial charge in [0.1, 0.15) is 11.6 Å². The Balaban J connectivity index is 1.46. The van der Waals surface area contributed by atoms with Gasteiger partial charge in [-0.05, 0) is 82.8 Å². The molecule has 0 fully saturated rings. The molecule has 5 heteroatoms. The van der Waals surface area contributed by atoms with Gasteiger partial charge in [0.25, 0.3) is 0 Å². The fourth-order valence-corrected chi connectivity index (χ4v) is 5.72. The number of fused-ring (bicyclic) bond motifs is 5. The maximum atomic E-state index is 6.54. The van der Waals surface area contributed by atoms with Gasteiger partial charge in [0, 0.05) is 11.2 Å². The minimum atomic E-state index is 0.00489. The highest BCUT2D eigenvalue weighted by molar-refractivity contribution is 6.74. The molecule has 164 valence electrons. The van der Waals surface area contributed by atoms with Crippen LogP contribution in [-0.4, -0.2) is 15.9 Å². The molecule has 35 heavy (non-hydrogen) atoms. The van der Waals surface area contributed by atoms with Crippen LogP contribution in [-0.2, 0) is 0 Å². The third kappa shape index (κ3) is 2.58. The Morgan fingerprint density at radius 3 is 2.40 bits per heavy atom. The SMILES string of the molecule is c1ccc(N2c3cc(-c4cccc5ccccc45)cc4c3B(n3cccc3O4)n3cccc32)cc1. The van der Waals surface area contributed by atoms with Gasteiger partial charge in [0.2, 0.25) is 0 Å². The van der Waals surface area contributed by atoms with E-state index in [1.165, 1.54) is 21.8 Å². The molecule has 2 aliphatic rings. The smallest absolute Gasteiger partial charge is 0.429 e. The van der Waals surface area contributed by atoms with Crippen LogP contribution >= 0.6 is 0 Å². The molecule has 8 rings (SSSR count). The van der Waals surface area contributed by atoms with Crippen molar-refractivity contribution in [3.8, 4) is 22.8 Å². The van der Waals surface area contributed by atoms with Gasteiger partial charge in [-0.2, -0.15) is 0 Å². The number of aromatic nitrogens is 2. The molecule has 2 aromatic heterocycles. The Morgan fingerprint density at radius 2 is 1.46 bits per heavy atom. The highest BCUT2D eigenvalue weighted by atomic mass is 16.5. The average molecular weight is 449 g/mol. The van der Waals surface area contributed by atoms with Gasteiger partial charge in [-0.1, -0.05) is 60.7 Å². The zero-order valence-corrected chi connectivity index (χ0v) is 18.9. The molecule has 0 saturated carbocycles. The summed E-state index contributed by atoms with van der Waals surface area (Å²) >= 11 is 0. The Morgan fingerprint density at radius 1 is 0.657 bits per heavy atom. The largest absolute Gasteiger partial charge is 0.442 e. The molecule has 0 saturated heterocycles. The number of rotatable bonds is 2. The van der Waals surface area contributed by atoms with Crippen molar-refractivity contribution in [3.05, 3.63) is 122 Å². The van der Waals surface area contributed by atoms with Crippen molar-refractivity contribution in [2.75, 3.05) is 4.90 Å². The summed E-state index contributed by atoms with van der Waals surface area (Å²) in [6.45, 7) is 0.00489. The first-order chi connectivity index (χ1) is 17.4. The molecule has 0 bridgehead atoms. The summed E-state index contributed by atoms with van der Waals surface area (Å²) in [7, 11) is 0. The van der Waals surface area contributed by atoms with Crippen molar-refractivity contribution in [1.82, 2.24) is 8.96 Å². The minimum absolute atomic E-state index is 0.00489. The van der Waals surface area contributed by atoms with Crippen LogP contribution in [0.1, 0.15) is 0 Å². The Hall–Kier alpha value is -4.64. The first kappa shape index (κ1) is 18.8. The van der Waals surface area contributed by atoms with E-state index in [1.807, 2.05) is 6.07 Å². The number of benzene rings is 4. The molecular weight excluding hydrogens is 429 g/mol. The molecule has 4 nitrogen and oxygen atoms in total. The van der Waals surface area contributed by atoms with Gasteiger partial charge in [-0.3, -0.25) is 4.90 Å². The van der Waals surface area contributed by atoms with Crippen LogP contribution < -0.4 is 15.1 Å². The van der Waals surface area contributed by atoms with E-state index in [0.717, 1.165) is 34.4 Å². The molecule has 0 N–H and O–H groups in total. The normalized spacial score (nSPS) is 13.3. The predicted octanol–water partition coefficient (Wildman–Crippen LogP) is 6.79. The van der Waals surface area contributed by atoms with Crippen LogP contribution in [0.5, 0.6) is 11.6 Å². The van der Waals surface area contributed by atoms with E-state index < -0.39 is 0 Å². The Bertz CT molecular complexity index is 1750. The molecular formula is C30H20BN3O. The van der Waals surface area contributed by atoms with Crippen molar-refractivity contribution >= 4 is 40.4 Å². The summed E-state index contributed by atoms with van der Waals surface area (Å²) in [6.07, 6.45) is 4.27. The molecule has 0 amide bonds. The topological polar surface area (TPSA) is 22.3 Å². The number of para-hydroxylation sites is 1. The van der Waals surface area contributed by atoms with E-state index in [2.05, 4.69) is 129 Å². The summed E-state index contributed by atoms with van der Waals surface area (Å²) < 4.78 is 11.1. The molecule has 0 atom stereocenters. The lowest BCUT2D eigenvalue weighted by Gasteiger charge is -2.39. The van der Waals surface area contributed by atoms with Gasteiger partial charge in [0.15, 0.2) is 5.88 Å². The second kappa shape index (κ2) is 6.94. The summed E-state index contributed by atoms with van der Waals surface area (Å²) in [6, 6.07) is 38.6. The van der Waals surface area contributed by atoms with Gasteiger partial charge < -0.3 is 13.7 Å². The van der Waals surface area contributed by atoms with E-state index >= 15 is 0 Å². The summed E-state index contributed by atoms with van der Waals surface area (Å²) in [5.74, 6) is 2.90. The summed E-state index contributed by atoms with van der Waals surface area (Å²) in [5.41, 5.74) is 5.80. The first-order valence-electron chi connectivity index (χ1n) is 11.9. The lowest BCUT2D eigenvalue weighted by atomic mass is 9.63. The van der Waals surface area contributed by atoms with Crippen molar-refractivity contribution in [1.29, 1.82) is 0 Å². The molecule has 6 aromatic rings. The Labute approximate surface area is 203 Å². The van der Waals surface area contributed by atoms with E-state index in [0.29, 0.717) is 0 Å². The second-order valence-corrected chi connectivity index (χ2v) is 9.11. The predicted molar refractivity (Wildman–Crippen MR) is 143 cm³/mol. The van der Waals surface area contributed by atoms with Gasteiger partial charge in [-0.15, -0.1) is 0 Å². The van der Waals surface area contributed by atoms with Crippen molar-refractivity contribution < 1.29 is 4.74 Å². The third-order valence-corrected chi connectivity index (χ3v) is 7.20. The number of anilines is 3. The second-order valence-electron chi connectivity index (χ2n) is 9.11. The van der Waals surface area contributed by atoms with E-state index in [4.69, 9.17) is 4.74 Å². The van der Waals surface area contributed by atoms with Crippen LogP contribution in [0.2, 0.25) is 0 Å². The fourth-order valence-electron chi connectivity index (χ4n) is 5.72. The number of nitrogens with zero attached hydrogens (tertiary/aromatic N) is 3. The molecule has 0 aliphatic carbocycles. The molecule has 0 radical (unpaired) electrons. The third-order valence-electron chi connectivity index (χ3n) is 7.20. The van der Waals surface area contributed by atoms with E-state index in [1.54, 1.807) is 0 Å². The minimum Gasteiger partial charge on any atom is -0.442 e. The lowest BCUT2D eigenvalue weighted by Crippen LogP contribution is -2.52. The Kier molecular flexibility index (Phi) is 3.72. The molecule has 0 spiro atoms. The monoisotopic (exact) mass is 449 g/mol. The van der Waals surface area contributed by atoms with Crippen molar-refractivity contribution in [2.45, 2.75) is 0 Å². The van der Waals surface area contributed by atoms with Crippen LogP contribution in [0, 0.1) is 0 Å². The van der Waals surface area contributed by atoms with Gasteiger partial charge >= 0.3 is 6.98 Å². The summed E-state index contributed by atoms with van der Waals surface area (Å²) in [5, 5.41) is 2.47. The maximum absolute atomic E-state index is 6.54. The van der Waals surface area contributed by atoms with Crippen LogP contribution in [0.3, 0.4) is 0 Å². The van der Waals surface area contributed by atoms with Crippen LogP contribution in [0.25, 0.3) is 21.9 Å². The highest BCUT2D eigenvalue weighted by Gasteiger charge is 2.42. The number of ether oxygens (including phenoxy) is 1. The fraction of sp³-hybridized carbons (Fsp3) is 0.